The quantitative estimate of drug-likeness (QED) is 0.792. The second-order valence-corrected chi connectivity index (χ2v) is 6.08. The average molecular weight is 319 g/mol. The standard InChI is InChI=1S/C18H26FN3O/c1-3-10-22-11-7-17(8-12-22)21-18(23)20-9-6-15-4-5-16(19)13-14(15)2/h3-5,13,17H,1,6-12H2,2H3,(H2,20,21,23). The Balaban J connectivity index is 1.66. The molecule has 1 fully saturated rings. The Labute approximate surface area is 137 Å². The lowest BCUT2D eigenvalue weighted by Gasteiger charge is -2.31. The summed E-state index contributed by atoms with van der Waals surface area (Å²) in [5, 5.41) is 5.91. The van der Waals surface area contributed by atoms with Gasteiger partial charge in [-0.3, -0.25) is 4.90 Å². The van der Waals surface area contributed by atoms with Crippen LogP contribution in [0.5, 0.6) is 0 Å². The topological polar surface area (TPSA) is 44.4 Å². The molecule has 2 N–H and O–H groups in total. The second kappa shape index (κ2) is 8.67. The number of piperidine rings is 1. The molecule has 1 aromatic rings. The maximum Gasteiger partial charge on any atom is 0.315 e. The van der Waals surface area contributed by atoms with Crippen molar-refractivity contribution in [1.82, 2.24) is 15.5 Å². The summed E-state index contributed by atoms with van der Waals surface area (Å²) >= 11 is 0. The third-order valence-corrected chi connectivity index (χ3v) is 4.29. The molecule has 0 aromatic heterocycles. The molecule has 1 aliphatic rings. The minimum atomic E-state index is -0.222. The lowest BCUT2D eigenvalue weighted by molar-refractivity contribution is 0.204. The fourth-order valence-corrected chi connectivity index (χ4v) is 2.93. The number of aryl methyl sites for hydroxylation is 1. The number of nitrogens with one attached hydrogen (secondary N) is 2. The van der Waals surface area contributed by atoms with Crippen LogP contribution in [0.1, 0.15) is 24.0 Å². The van der Waals surface area contributed by atoms with Gasteiger partial charge in [-0.1, -0.05) is 12.1 Å². The van der Waals surface area contributed by atoms with Gasteiger partial charge in [-0.2, -0.15) is 0 Å². The highest BCUT2D eigenvalue weighted by molar-refractivity contribution is 5.74. The first-order valence-electron chi connectivity index (χ1n) is 8.21. The van der Waals surface area contributed by atoms with Crippen LogP contribution in [0.25, 0.3) is 0 Å². The highest BCUT2D eigenvalue weighted by atomic mass is 19.1. The van der Waals surface area contributed by atoms with Crippen molar-refractivity contribution in [1.29, 1.82) is 0 Å². The first-order chi connectivity index (χ1) is 11.1. The largest absolute Gasteiger partial charge is 0.338 e. The molecule has 0 saturated carbocycles. The summed E-state index contributed by atoms with van der Waals surface area (Å²) in [5.41, 5.74) is 1.98. The fraction of sp³-hybridized carbons (Fsp3) is 0.500. The van der Waals surface area contributed by atoms with Crippen molar-refractivity contribution in [2.45, 2.75) is 32.2 Å². The molecule has 1 aliphatic heterocycles. The van der Waals surface area contributed by atoms with Crippen LogP contribution in [-0.4, -0.2) is 43.2 Å². The van der Waals surface area contributed by atoms with Gasteiger partial charge in [0.05, 0.1) is 0 Å². The smallest absolute Gasteiger partial charge is 0.315 e. The van der Waals surface area contributed by atoms with Crippen LogP contribution in [0.4, 0.5) is 9.18 Å². The zero-order valence-electron chi connectivity index (χ0n) is 13.8. The first-order valence-corrected chi connectivity index (χ1v) is 8.21. The van der Waals surface area contributed by atoms with E-state index in [0.717, 1.165) is 43.6 Å². The number of amides is 2. The number of halogens is 1. The normalized spacial score (nSPS) is 16.1. The zero-order chi connectivity index (χ0) is 16.7. The third kappa shape index (κ3) is 5.67. The molecule has 0 radical (unpaired) electrons. The molecule has 2 rings (SSSR count). The molecule has 1 heterocycles. The number of carbonyl (C=O) groups is 1. The van der Waals surface area contributed by atoms with Crippen LogP contribution in [0.15, 0.2) is 30.9 Å². The van der Waals surface area contributed by atoms with E-state index in [9.17, 15) is 9.18 Å². The molecule has 4 nitrogen and oxygen atoms in total. The van der Waals surface area contributed by atoms with Crippen molar-refractivity contribution >= 4 is 6.03 Å². The average Bonchev–Trinajstić information content (AvgIpc) is 2.52. The summed E-state index contributed by atoms with van der Waals surface area (Å²) in [5.74, 6) is -0.222. The van der Waals surface area contributed by atoms with Crippen molar-refractivity contribution < 1.29 is 9.18 Å². The van der Waals surface area contributed by atoms with E-state index in [1.165, 1.54) is 12.1 Å². The van der Waals surface area contributed by atoms with E-state index in [1.54, 1.807) is 6.07 Å². The molecule has 1 saturated heterocycles. The van der Waals surface area contributed by atoms with Gasteiger partial charge < -0.3 is 10.6 Å². The Morgan fingerprint density at radius 1 is 1.43 bits per heavy atom. The molecule has 5 heteroatoms. The van der Waals surface area contributed by atoms with Crippen LogP contribution >= 0.6 is 0 Å². The molecule has 0 atom stereocenters. The minimum absolute atomic E-state index is 0.119. The molecule has 0 unspecified atom stereocenters. The van der Waals surface area contributed by atoms with E-state index in [-0.39, 0.29) is 17.9 Å². The number of benzene rings is 1. The van der Waals surface area contributed by atoms with Gasteiger partial charge in [-0.25, -0.2) is 9.18 Å². The molecule has 1 aromatic carbocycles. The van der Waals surface area contributed by atoms with Gasteiger partial charge >= 0.3 is 6.03 Å². The number of nitrogens with zero attached hydrogens (tertiary/aromatic N) is 1. The van der Waals surface area contributed by atoms with Gasteiger partial charge in [0.2, 0.25) is 0 Å². The van der Waals surface area contributed by atoms with E-state index < -0.39 is 0 Å². The molecule has 0 spiro atoms. The Hall–Kier alpha value is -1.88. The van der Waals surface area contributed by atoms with Crippen LogP contribution in [0.3, 0.4) is 0 Å². The van der Waals surface area contributed by atoms with E-state index in [0.29, 0.717) is 13.0 Å². The Bertz CT molecular complexity index is 539. The van der Waals surface area contributed by atoms with Crippen LogP contribution in [0, 0.1) is 12.7 Å². The minimum Gasteiger partial charge on any atom is -0.338 e. The van der Waals surface area contributed by atoms with E-state index in [4.69, 9.17) is 0 Å². The van der Waals surface area contributed by atoms with Crippen molar-refractivity contribution in [3.63, 3.8) is 0 Å². The maximum absolute atomic E-state index is 13.0. The third-order valence-electron chi connectivity index (χ3n) is 4.29. The summed E-state index contributed by atoms with van der Waals surface area (Å²) in [6.07, 6.45) is 4.56. The van der Waals surface area contributed by atoms with Crippen molar-refractivity contribution in [2.75, 3.05) is 26.2 Å². The molecule has 23 heavy (non-hydrogen) atoms. The van der Waals surface area contributed by atoms with Gasteiger partial charge in [0.25, 0.3) is 0 Å². The lowest BCUT2D eigenvalue weighted by Crippen LogP contribution is -2.48. The predicted octanol–water partition coefficient (Wildman–Crippen LogP) is 2.63. The predicted molar refractivity (Wildman–Crippen MR) is 91.0 cm³/mol. The van der Waals surface area contributed by atoms with Crippen molar-refractivity contribution in [2.24, 2.45) is 0 Å². The van der Waals surface area contributed by atoms with Crippen molar-refractivity contribution in [3.05, 3.63) is 47.8 Å². The molecular weight excluding hydrogens is 293 g/mol. The summed E-state index contributed by atoms with van der Waals surface area (Å²) in [4.78, 5) is 14.3. The Morgan fingerprint density at radius 2 is 2.17 bits per heavy atom. The van der Waals surface area contributed by atoms with E-state index >= 15 is 0 Å². The highest BCUT2D eigenvalue weighted by Crippen LogP contribution is 2.11. The van der Waals surface area contributed by atoms with Crippen molar-refractivity contribution in [3.8, 4) is 0 Å². The van der Waals surface area contributed by atoms with Gasteiger partial charge in [-0.15, -0.1) is 6.58 Å². The number of urea groups is 1. The molecule has 126 valence electrons. The lowest BCUT2D eigenvalue weighted by atomic mass is 10.1. The van der Waals surface area contributed by atoms with E-state index in [2.05, 4.69) is 22.1 Å². The summed E-state index contributed by atoms with van der Waals surface area (Å²) in [7, 11) is 0. The second-order valence-electron chi connectivity index (χ2n) is 6.08. The number of likely N-dealkylation sites (tertiary alicyclic amines) is 1. The monoisotopic (exact) mass is 319 g/mol. The van der Waals surface area contributed by atoms with Gasteiger partial charge in [0.15, 0.2) is 0 Å². The number of hydrogen-bond acceptors (Lipinski definition) is 2. The highest BCUT2D eigenvalue weighted by Gasteiger charge is 2.19. The van der Waals surface area contributed by atoms with Crippen LogP contribution < -0.4 is 10.6 Å². The van der Waals surface area contributed by atoms with Crippen LogP contribution in [0.2, 0.25) is 0 Å². The Morgan fingerprint density at radius 3 is 2.83 bits per heavy atom. The van der Waals surface area contributed by atoms with Gasteiger partial charge in [0, 0.05) is 32.2 Å². The zero-order valence-corrected chi connectivity index (χ0v) is 13.8. The number of rotatable bonds is 6. The van der Waals surface area contributed by atoms with E-state index in [1.807, 2.05) is 13.0 Å². The number of carbonyl (C=O) groups excluding carboxylic acids is 1. The molecule has 0 bridgehead atoms. The molecule has 2 amide bonds. The fourth-order valence-electron chi connectivity index (χ4n) is 2.93. The first kappa shape index (κ1) is 17.5. The van der Waals surface area contributed by atoms with Crippen LogP contribution in [-0.2, 0) is 6.42 Å². The molecular formula is C18H26FN3O. The summed E-state index contributed by atoms with van der Waals surface area (Å²) in [6, 6.07) is 4.88. The molecule has 0 aliphatic carbocycles. The summed E-state index contributed by atoms with van der Waals surface area (Å²) in [6.45, 7) is 9.08. The SMILES string of the molecule is C=CCN1CCC(NC(=O)NCCc2ccc(F)cc2C)CC1. The maximum atomic E-state index is 13.0. The van der Waals surface area contributed by atoms with Gasteiger partial charge in [-0.05, 0) is 49.4 Å². The number of hydrogen-bond donors (Lipinski definition) is 2. The van der Waals surface area contributed by atoms with Gasteiger partial charge in [0.1, 0.15) is 5.82 Å². The Kier molecular flexibility index (Phi) is 6.59. The summed E-state index contributed by atoms with van der Waals surface area (Å²) < 4.78 is 13.0.